The van der Waals surface area contributed by atoms with Gasteiger partial charge in [-0.15, -0.1) is 0 Å². The van der Waals surface area contributed by atoms with Crippen molar-refractivity contribution in [2.45, 2.75) is 25.3 Å². The molecule has 0 saturated carbocycles. The Morgan fingerprint density at radius 2 is 1.94 bits per heavy atom. The summed E-state index contributed by atoms with van der Waals surface area (Å²) < 4.78 is 75.8. The largest absolute Gasteiger partial charge is 0.451 e. The molecule has 2 aromatic rings. The minimum absolute atomic E-state index is 0.0984. The zero-order chi connectivity index (χ0) is 25.4. The number of aliphatic imine (C=N–C) groups is 1. The van der Waals surface area contributed by atoms with Crippen LogP contribution < -0.4 is 10.6 Å². The number of hydrogen-bond acceptors (Lipinski definition) is 5. The number of hydrogen-bond donors (Lipinski definition) is 2. The van der Waals surface area contributed by atoms with E-state index in [1.54, 1.807) is 42.7 Å². The second-order valence-electron chi connectivity index (χ2n) is 7.86. The predicted molar refractivity (Wildman–Crippen MR) is 115 cm³/mol. The smallest absolute Gasteiger partial charge is 0.329 e. The van der Waals surface area contributed by atoms with E-state index in [1.807, 2.05) is 11.0 Å². The molecule has 0 saturated heterocycles. The molecule has 2 N–H and O–H groups in total. The summed E-state index contributed by atoms with van der Waals surface area (Å²) in [6.07, 6.45) is -3.26. The average molecular weight is 496 g/mol. The van der Waals surface area contributed by atoms with Crippen LogP contribution in [0.4, 0.5) is 36.8 Å². The molecule has 1 unspecified atom stereocenters. The van der Waals surface area contributed by atoms with E-state index in [-0.39, 0.29) is 11.7 Å². The number of aryl methyl sites for hydroxylation is 1. The van der Waals surface area contributed by atoms with Crippen LogP contribution in [0.25, 0.3) is 5.57 Å². The number of amidine groups is 1. The van der Waals surface area contributed by atoms with Gasteiger partial charge in [-0.1, -0.05) is 6.07 Å². The molecule has 0 fully saturated rings. The van der Waals surface area contributed by atoms with E-state index in [2.05, 4.69) is 20.3 Å². The first-order valence-corrected chi connectivity index (χ1v) is 10.3. The van der Waals surface area contributed by atoms with Crippen molar-refractivity contribution < 1.29 is 31.1 Å². The molecule has 0 spiro atoms. The van der Waals surface area contributed by atoms with Gasteiger partial charge in [-0.05, 0) is 48.4 Å². The number of urea groups is 1. The van der Waals surface area contributed by atoms with Crippen molar-refractivity contribution in [1.29, 1.82) is 0 Å². The predicted octanol–water partition coefficient (Wildman–Crippen LogP) is 4.85. The Labute approximate surface area is 195 Å². The van der Waals surface area contributed by atoms with Gasteiger partial charge in [0.05, 0.1) is 18.3 Å². The maximum atomic E-state index is 13.0. The minimum atomic E-state index is -4.67. The number of anilines is 1. The number of halogens is 6. The van der Waals surface area contributed by atoms with Crippen molar-refractivity contribution in [1.82, 2.24) is 20.2 Å². The SMILES string of the molecule is Cc1cc(NC(=O)NCC(F)(F)F)cc(C2CN=C3C=C(c4ccnc(C(F)(F)F)n4)C=CN32)c1. The lowest BCUT2D eigenvalue weighted by molar-refractivity contribution is -0.145. The van der Waals surface area contributed by atoms with Gasteiger partial charge in [0, 0.05) is 23.7 Å². The third-order valence-corrected chi connectivity index (χ3v) is 5.12. The molecule has 1 atom stereocenters. The fraction of sp³-hybridized carbons (Fsp3) is 0.273. The summed E-state index contributed by atoms with van der Waals surface area (Å²) in [5, 5.41) is 4.15. The zero-order valence-electron chi connectivity index (χ0n) is 18.1. The number of nitrogens with zero attached hydrogens (tertiary/aromatic N) is 4. The Hall–Kier alpha value is -3.90. The summed E-state index contributed by atoms with van der Waals surface area (Å²) in [6, 6.07) is 5.21. The standard InChI is InChI=1S/C22H18F6N6O/c1-12-6-14(8-15(7-12)32-20(35)31-11-21(23,24)25)17-10-30-18-9-13(3-5-34(17)18)16-2-4-29-19(33-16)22(26,27)28/h2-9,17H,10-11H2,1H3,(H2,31,32,35). The van der Waals surface area contributed by atoms with Gasteiger partial charge in [0.1, 0.15) is 12.4 Å². The van der Waals surface area contributed by atoms with Crippen LogP contribution in [-0.2, 0) is 6.18 Å². The number of fused-ring (bicyclic) bond motifs is 1. The maximum absolute atomic E-state index is 13.0. The van der Waals surface area contributed by atoms with E-state index >= 15 is 0 Å². The topological polar surface area (TPSA) is 82.5 Å². The van der Waals surface area contributed by atoms with E-state index in [4.69, 9.17) is 0 Å². The number of carbonyl (C=O) groups excluding carboxylic acids is 1. The third kappa shape index (κ3) is 5.78. The van der Waals surface area contributed by atoms with Crippen molar-refractivity contribution in [3.05, 3.63) is 71.5 Å². The number of alkyl halides is 6. The maximum Gasteiger partial charge on any atom is 0.451 e. The van der Waals surface area contributed by atoms with E-state index in [0.29, 0.717) is 23.6 Å². The van der Waals surface area contributed by atoms with Gasteiger partial charge in [-0.3, -0.25) is 4.99 Å². The van der Waals surface area contributed by atoms with Crippen LogP contribution in [-0.4, -0.2) is 46.0 Å². The molecule has 2 amide bonds. The molecule has 13 heteroatoms. The molecule has 1 aromatic heterocycles. The molecule has 35 heavy (non-hydrogen) atoms. The number of allylic oxidation sites excluding steroid dienone is 2. The van der Waals surface area contributed by atoms with Crippen molar-refractivity contribution in [2.75, 3.05) is 18.4 Å². The van der Waals surface area contributed by atoms with E-state index in [0.717, 1.165) is 17.3 Å². The van der Waals surface area contributed by atoms with Crippen molar-refractivity contribution in [3.8, 4) is 0 Å². The van der Waals surface area contributed by atoms with E-state index in [9.17, 15) is 31.1 Å². The van der Waals surface area contributed by atoms with Gasteiger partial charge >= 0.3 is 18.4 Å². The Kier molecular flexibility index (Phi) is 6.26. The summed E-state index contributed by atoms with van der Waals surface area (Å²) in [6.45, 7) is 0.641. The lowest BCUT2D eigenvalue weighted by Crippen LogP contribution is -2.36. The van der Waals surface area contributed by atoms with Crippen LogP contribution in [0.3, 0.4) is 0 Å². The lowest BCUT2D eigenvalue weighted by atomic mass is 10.0. The van der Waals surface area contributed by atoms with Crippen molar-refractivity contribution >= 4 is 23.1 Å². The molecule has 0 aliphatic carbocycles. The molecule has 0 bridgehead atoms. The first kappa shape index (κ1) is 24.2. The quantitative estimate of drug-likeness (QED) is 0.593. The highest BCUT2D eigenvalue weighted by molar-refractivity contribution is 6.04. The molecule has 2 aliphatic heterocycles. The fourth-order valence-electron chi connectivity index (χ4n) is 3.67. The van der Waals surface area contributed by atoms with Crippen LogP contribution in [0.5, 0.6) is 0 Å². The number of aromatic nitrogens is 2. The fourth-order valence-corrected chi connectivity index (χ4v) is 3.67. The van der Waals surface area contributed by atoms with Crippen LogP contribution >= 0.6 is 0 Å². The first-order chi connectivity index (χ1) is 16.4. The summed E-state index contributed by atoms with van der Waals surface area (Å²) in [7, 11) is 0. The van der Waals surface area contributed by atoms with E-state index < -0.39 is 30.8 Å². The number of carbonyl (C=O) groups is 1. The Balaban J connectivity index is 1.50. The molecule has 1 aromatic carbocycles. The molecule has 7 nitrogen and oxygen atoms in total. The molecule has 184 valence electrons. The van der Waals surface area contributed by atoms with Crippen LogP contribution in [0, 0.1) is 6.92 Å². The minimum Gasteiger partial charge on any atom is -0.329 e. The van der Waals surface area contributed by atoms with Crippen LogP contribution in [0.15, 0.2) is 53.8 Å². The van der Waals surface area contributed by atoms with Gasteiger partial charge < -0.3 is 15.5 Å². The van der Waals surface area contributed by atoms with Crippen LogP contribution in [0.1, 0.15) is 28.7 Å². The van der Waals surface area contributed by atoms with Crippen LogP contribution in [0.2, 0.25) is 0 Å². The summed E-state index contributed by atoms with van der Waals surface area (Å²) >= 11 is 0. The average Bonchev–Trinajstić information content (AvgIpc) is 3.20. The highest BCUT2D eigenvalue weighted by Gasteiger charge is 2.35. The number of nitrogens with one attached hydrogen (secondary N) is 2. The molecular weight excluding hydrogens is 478 g/mol. The van der Waals surface area contributed by atoms with Crippen molar-refractivity contribution in [3.63, 3.8) is 0 Å². The Morgan fingerprint density at radius 1 is 1.17 bits per heavy atom. The molecule has 2 aliphatic rings. The normalized spacial score (nSPS) is 17.6. The van der Waals surface area contributed by atoms with Gasteiger partial charge in [-0.2, -0.15) is 26.3 Å². The van der Waals surface area contributed by atoms with Gasteiger partial charge in [0.15, 0.2) is 0 Å². The lowest BCUT2D eigenvalue weighted by Gasteiger charge is -2.27. The highest BCUT2D eigenvalue weighted by Crippen LogP contribution is 2.34. The second-order valence-corrected chi connectivity index (χ2v) is 7.86. The second kappa shape index (κ2) is 9.04. The number of rotatable bonds is 4. The highest BCUT2D eigenvalue weighted by atomic mass is 19.4. The Morgan fingerprint density at radius 3 is 2.66 bits per heavy atom. The molecule has 4 rings (SSSR count). The summed E-state index contributed by atoms with van der Waals surface area (Å²) in [4.78, 5) is 25.0. The first-order valence-electron chi connectivity index (χ1n) is 10.3. The molecule has 3 heterocycles. The monoisotopic (exact) mass is 496 g/mol. The number of amides is 2. The van der Waals surface area contributed by atoms with Gasteiger partial charge in [0.25, 0.3) is 0 Å². The molecule has 0 radical (unpaired) electrons. The third-order valence-electron chi connectivity index (χ3n) is 5.12. The summed E-state index contributed by atoms with van der Waals surface area (Å²) in [5.41, 5.74) is 2.35. The Bertz CT molecular complexity index is 1230. The molecular formula is C22H18F6N6O. The van der Waals surface area contributed by atoms with Gasteiger partial charge in [0.2, 0.25) is 5.82 Å². The summed E-state index contributed by atoms with van der Waals surface area (Å²) in [5.74, 6) is -0.726. The van der Waals surface area contributed by atoms with Gasteiger partial charge in [-0.25, -0.2) is 14.8 Å². The zero-order valence-corrected chi connectivity index (χ0v) is 18.1. The number of benzene rings is 1. The van der Waals surface area contributed by atoms with E-state index in [1.165, 1.54) is 6.07 Å². The van der Waals surface area contributed by atoms with Crippen molar-refractivity contribution in [2.24, 2.45) is 4.99 Å².